The van der Waals surface area contributed by atoms with Gasteiger partial charge in [-0.25, -0.2) is 0 Å². The van der Waals surface area contributed by atoms with Gasteiger partial charge in [0.15, 0.2) is 0 Å². The molecule has 3 rings (SSSR count). The minimum Gasteiger partial charge on any atom is -0.353 e. The van der Waals surface area contributed by atoms with Gasteiger partial charge in [-0.3, -0.25) is 14.5 Å². The summed E-state index contributed by atoms with van der Waals surface area (Å²) in [5.41, 5.74) is 1.73. The highest BCUT2D eigenvalue weighted by atomic mass is 35.5. The van der Waals surface area contributed by atoms with Crippen molar-refractivity contribution in [3.05, 3.63) is 69.7 Å². The molecule has 0 saturated carbocycles. The number of carbonyl (C=O) groups is 2. The molecule has 2 N–H and O–H groups in total. The molecule has 2 aromatic carbocycles. The minimum atomic E-state index is -0.229. The number of piperidine rings is 1. The summed E-state index contributed by atoms with van der Waals surface area (Å²) in [6.07, 6.45) is 2.05. The van der Waals surface area contributed by atoms with Crippen molar-refractivity contribution in [3.63, 3.8) is 0 Å². The molecule has 1 fully saturated rings. The number of benzene rings is 2. The Morgan fingerprint density at radius 2 is 1.68 bits per heavy atom. The monoisotopic (exact) mass is 461 g/mol. The highest BCUT2D eigenvalue weighted by Gasteiger charge is 2.31. The maximum absolute atomic E-state index is 12.4. The van der Waals surface area contributed by atoms with E-state index in [1.807, 2.05) is 12.1 Å². The van der Waals surface area contributed by atoms with Gasteiger partial charge >= 0.3 is 0 Å². The van der Waals surface area contributed by atoms with Crippen molar-refractivity contribution >= 4 is 35.0 Å². The van der Waals surface area contributed by atoms with Gasteiger partial charge in [-0.1, -0.05) is 41.4 Å². The number of rotatable bonds is 7. The minimum absolute atomic E-state index is 0.0399. The molecule has 2 amide bonds. The second kappa shape index (κ2) is 11.0. The van der Waals surface area contributed by atoms with E-state index in [0.717, 1.165) is 24.4 Å². The van der Waals surface area contributed by atoms with E-state index < -0.39 is 0 Å². The molecule has 0 aliphatic carbocycles. The van der Waals surface area contributed by atoms with E-state index in [1.165, 1.54) is 5.56 Å². The Hall–Kier alpha value is -2.08. The number of likely N-dealkylation sites (tertiary alicyclic amines) is 1. The molecule has 5 nitrogen and oxygen atoms in total. The molecule has 0 radical (unpaired) electrons. The van der Waals surface area contributed by atoms with E-state index >= 15 is 0 Å². The number of hydrogen-bond acceptors (Lipinski definition) is 3. The van der Waals surface area contributed by atoms with Crippen LogP contribution in [0.15, 0.2) is 48.5 Å². The van der Waals surface area contributed by atoms with E-state index in [9.17, 15) is 9.59 Å². The first-order chi connectivity index (χ1) is 14.8. The highest BCUT2D eigenvalue weighted by Crippen LogP contribution is 2.25. The van der Waals surface area contributed by atoms with Crippen molar-refractivity contribution in [2.24, 2.45) is 0 Å². The average molecular weight is 462 g/mol. The van der Waals surface area contributed by atoms with Crippen LogP contribution in [-0.2, 0) is 11.3 Å². The molecule has 0 aromatic heterocycles. The predicted octanol–water partition coefficient (Wildman–Crippen LogP) is 4.67. The van der Waals surface area contributed by atoms with E-state index in [1.54, 1.807) is 24.3 Å². The Kier molecular flexibility index (Phi) is 8.35. The van der Waals surface area contributed by atoms with E-state index in [2.05, 4.69) is 41.5 Å². The van der Waals surface area contributed by atoms with Gasteiger partial charge in [-0.15, -0.1) is 0 Å². The van der Waals surface area contributed by atoms with Gasteiger partial charge < -0.3 is 10.6 Å². The summed E-state index contributed by atoms with van der Waals surface area (Å²) in [6.45, 7) is 5.57. The van der Waals surface area contributed by atoms with Crippen LogP contribution in [0.4, 0.5) is 0 Å². The summed E-state index contributed by atoms with van der Waals surface area (Å²) in [6, 6.07) is 15.6. The molecule has 1 unspecified atom stereocenters. The van der Waals surface area contributed by atoms with Crippen molar-refractivity contribution < 1.29 is 9.59 Å². The van der Waals surface area contributed by atoms with Crippen LogP contribution in [-0.4, -0.2) is 41.4 Å². The second-order valence-corrected chi connectivity index (χ2v) is 9.12. The molecule has 1 heterocycles. The van der Waals surface area contributed by atoms with Crippen LogP contribution in [0.1, 0.15) is 49.0 Å². The van der Waals surface area contributed by atoms with Crippen molar-refractivity contribution in [1.82, 2.24) is 15.5 Å². The Morgan fingerprint density at radius 1 is 1.00 bits per heavy atom. The van der Waals surface area contributed by atoms with Gasteiger partial charge in [0.25, 0.3) is 5.91 Å². The van der Waals surface area contributed by atoms with E-state index in [4.69, 9.17) is 23.2 Å². The van der Waals surface area contributed by atoms with Crippen LogP contribution < -0.4 is 10.6 Å². The topological polar surface area (TPSA) is 61.4 Å². The fraction of sp³-hybridized carbons (Fsp3) is 0.417. The lowest BCUT2D eigenvalue weighted by molar-refractivity contribution is -0.122. The molecule has 2 aromatic rings. The molecular formula is C24H29Cl2N3O2. The van der Waals surface area contributed by atoms with Crippen molar-refractivity contribution in [3.8, 4) is 0 Å². The van der Waals surface area contributed by atoms with Crippen molar-refractivity contribution in [1.29, 1.82) is 0 Å². The SMILES string of the molecule is C[C@@H]1CC(NC(=O)CCNC(=O)c2cccc(Cl)c2)C[C@H](C)N1Cc1ccc(Cl)cc1. The van der Waals surface area contributed by atoms with Crippen molar-refractivity contribution in [2.75, 3.05) is 6.54 Å². The largest absolute Gasteiger partial charge is 0.353 e. The molecule has 166 valence electrons. The fourth-order valence-corrected chi connectivity index (χ4v) is 4.49. The quantitative estimate of drug-likeness (QED) is 0.629. The van der Waals surface area contributed by atoms with Gasteiger partial charge in [0, 0.05) is 53.2 Å². The Bertz CT molecular complexity index is 892. The summed E-state index contributed by atoms with van der Waals surface area (Å²) in [5, 5.41) is 7.17. The van der Waals surface area contributed by atoms with Gasteiger partial charge in [-0.2, -0.15) is 0 Å². The maximum Gasteiger partial charge on any atom is 0.251 e. The Labute approximate surface area is 194 Å². The zero-order valence-corrected chi connectivity index (χ0v) is 19.4. The Balaban J connectivity index is 1.42. The molecule has 1 aliphatic rings. The summed E-state index contributed by atoms with van der Waals surface area (Å²) >= 11 is 11.9. The number of nitrogens with zero attached hydrogens (tertiary/aromatic N) is 1. The number of hydrogen-bond donors (Lipinski definition) is 2. The highest BCUT2D eigenvalue weighted by molar-refractivity contribution is 6.31. The van der Waals surface area contributed by atoms with Crippen LogP contribution in [0.5, 0.6) is 0 Å². The normalized spacial score (nSPS) is 21.5. The lowest BCUT2D eigenvalue weighted by atomic mass is 9.92. The molecule has 7 heteroatoms. The second-order valence-electron chi connectivity index (χ2n) is 8.25. The Morgan fingerprint density at radius 3 is 2.32 bits per heavy atom. The third kappa shape index (κ3) is 6.96. The summed E-state index contributed by atoms with van der Waals surface area (Å²) in [7, 11) is 0. The van der Waals surface area contributed by atoms with E-state index in [-0.39, 0.29) is 30.8 Å². The number of halogens is 2. The lowest BCUT2D eigenvalue weighted by Gasteiger charge is -2.43. The zero-order valence-electron chi connectivity index (χ0n) is 17.9. The molecule has 3 atom stereocenters. The lowest BCUT2D eigenvalue weighted by Crippen LogP contribution is -2.52. The van der Waals surface area contributed by atoms with Gasteiger partial charge in [0.05, 0.1) is 0 Å². The standard InChI is InChI=1S/C24H29Cl2N3O2/c1-16-12-22(13-17(2)29(16)15-18-6-8-20(25)9-7-18)28-23(30)10-11-27-24(31)19-4-3-5-21(26)14-19/h3-9,14,16-17,22H,10-13,15H2,1-2H3,(H,27,31)(H,28,30)/t16-,17+,22?. The molecule has 31 heavy (non-hydrogen) atoms. The number of nitrogens with one attached hydrogen (secondary N) is 2. The summed E-state index contributed by atoms with van der Waals surface area (Å²) < 4.78 is 0. The number of carbonyl (C=O) groups excluding carboxylic acids is 2. The van der Waals surface area contributed by atoms with Gasteiger partial charge in [0.2, 0.25) is 5.91 Å². The third-order valence-corrected chi connectivity index (χ3v) is 6.24. The van der Waals surface area contributed by atoms with E-state index in [0.29, 0.717) is 22.7 Å². The third-order valence-electron chi connectivity index (χ3n) is 5.75. The fourth-order valence-electron chi connectivity index (χ4n) is 4.18. The first-order valence-electron chi connectivity index (χ1n) is 10.6. The zero-order chi connectivity index (χ0) is 22.4. The van der Waals surface area contributed by atoms with Crippen LogP contribution >= 0.6 is 23.2 Å². The van der Waals surface area contributed by atoms with Crippen LogP contribution in [0.2, 0.25) is 10.0 Å². The molecule has 0 bridgehead atoms. The molecule has 0 spiro atoms. The maximum atomic E-state index is 12.4. The molecular weight excluding hydrogens is 433 g/mol. The molecule has 1 saturated heterocycles. The van der Waals surface area contributed by atoms with Gasteiger partial charge in [-0.05, 0) is 62.6 Å². The van der Waals surface area contributed by atoms with Gasteiger partial charge in [0.1, 0.15) is 0 Å². The summed E-state index contributed by atoms with van der Waals surface area (Å²) in [5.74, 6) is -0.269. The molecule has 1 aliphatic heterocycles. The number of amides is 2. The van der Waals surface area contributed by atoms with Crippen LogP contribution in [0, 0.1) is 0 Å². The van der Waals surface area contributed by atoms with Crippen LogP contribution in [0.25, 0.3) is 0 Å². The summed E-state index contributed by atoms with van der Waals surface area (Å²) in [4.78, 5) is 27.0. The average Bonchev–Trinajstić information content (AvgIpc) is 2.72. The van der Waals surface area contributed by atoms with Crippen molar-refractivity contribution in [2.45, 2.75) is 57.8 Å². The predicted molar refractivity (Wildman–Crippen MR) is 125 cm³/mol. The van der Waals surface area contributed by atoms with Crippen LogP contribution in [0.3, 0.4) is 0 Å². The smallest absolute Gasteiger partial charge is 0.251 e. The first-order valence-corrected chi connectivity index (χ1v) is 11.4. The first kappa shape index (κ1) is 23.6.